The van der Waals surface area contributed by atoms with Gasteiger partial charge in [-0.2, -0.15) is 0 Å². The molecule has 146 valence electrons. The number of nitrogens with zero attached hydrogens (tertiary/aromatic N) is 1. The molecule has 8 heteroatoms. The zero-order valence-corrected chi connectivity index (χ0v) is 16.1. The average Bonchev–Trinajstić information content (AvgIpc) is 2.62. The quantitative estimate of drug-likeness (QED) is 0.709. The van der Waals surface area contributed by atoms with Crippen LogP contribution >= 0.6 is 0 Å². The van der Waals surface area contributed by atoms with Crippen LogP contribution < -0.4 is 9.46 Å². The van der Waals surface area contributed by atoms with Gasteiger partial charge in [0.05, 0.1) is 11.5 Å². The van der Waals surface area contributed by atoms with Crippen LogP contribution in [0.1, 0.15) is 18.9 Å². The van der Waals surface area contributed by atoms with E-state index in [4.69, 9.17) is 4.74 Å². The molecule has 2 aromatic carbocycles. The van der Waals surface area contributed by atoms with Gasteiger partial charge in [0, 0.05) is 26.6 Å². The van der Waals surface area contributed by atoms with Gasteiger partial charge in [-0.1, -0.05) is 12.1 Å². The van der Waals surface area contributed by atoms with Gasteiger partial charge in [-0.25, -0.2) is 17.5 Å². The Balaban J connectivity index is 1.85. The minimum atomic E-state index is -3.70. The summed E-state index contributed by atoms with van der Waals surface area (Å²) in [4.78, 5) is 13.7. The van der Waals surface area contributed by atoms with Crippen LogP contribution in [0.15, 0.2) is 53.4 Å². The molecular weight excluding hydrogens is 371 g/mol. The van der Waals surface area contributed by atoms with Gasteiger partial charge in [-0.05, 0) is 48.9 Å². The molecule has 6 nitrogen and oxygen atoms in total. The van der Waals surface area contributed by atoms with Gasteiger partial charge in [0.25, 0.3) is 0 Å². The molecule has 0 heterocycles. The van der Waals surface area contributed by atoms with E-state index in [0.29, 0.717) is 17.9 Å². The molecule has 1 N–H and O–H groups in total. The van der Waals surface area contributed by atoms with Crippen molar-refractivity contribution in [3.63, 3.8) is 0 Å². The lowest BCUT2D eigenvalue weighted by atomic mass is 10.2. The molecule has 1 amide bonds. The Morgan fingerprint density at radius 3 is 2.52 bits per heavy atom. The first-order valence-corrected chi connectivity index (χ1v) is 10.0. The topological polar surface area (TPSA) is 75.7 Å². The number of rotatable bonds is 9. The van der Waals surface area contributed by atoms with Crippen LogP contribution in [0.2, 0.25) is 0 Å². The normalized spacial score (nSPS) is 11.2. The van der Waals surface area contributed by atoms with Crippen LogP contribution in [-0.4, -0.2) is 39.4 Å². The molecule has 2 aromatic rings. The SMILES string of the molecule is CCOc1ccc(S(=O)(=O)NCCC(=O)N(C)Cc2cccc(F)c2)cc1. The number of benzene rings is 2. The lowest BCUT2D eigenvalue weighted by molar-refractivity contribution is -0.130. The Hall–Kier alpha value is -2.45. The van der Waals surface area contributed by atoms with E-state index < -0.39 is 10.0 Å². The van der Waals surface area contributed by atoms with Crippen molar-refractivity contribution in [1.29, 1.82) is 0 Å². The third-order valence-electron chi connectivity index (χ3n) is 3.81. The second-order valence-electron chi connectivity index (χ2n) is 5.93. The van der Waals surface area contributed by atoms with Crippen molar-refractivity contribution in [2.45, 2.75) is 24.8 Å². The summed E-state index contributed by atoms with van der Waals surface area (Å²) in [7, 11) is -2.11. The zero-order valence-electron chi connectivity index (χ0n) is 15.3. The molecule has 0 saturated heterocycles. The van der Waals surface area contributed by atoms with Gasteiger partial charge in [0.2, 0.25) is 15.9 Å². The van der Waals surface area contributed by atoms with E-state index in [9.17, 15) is 17.6 Å². The van der Waals surface area contributed by atoms with Crippen molar-refractivity contribution in [2.24, 2.45) is 0 Å². The molecular formula is C19H23FN2O4S. The first-order chi connectivity index (χ1) is 12.8. The Morgan fingerprint density at radius 1 is 1.19 bits per heavy atom. The number of sulfonamides is 1. The highest BCUT2D eigenvalue weighted by molar-refractivity contribution is 7.89. The van der Waals surface area contributed by atoms with E-state index in [0.717, 1.165) is 0 Å². The summed E-state index contributed by atoms with van der Waals surface area (Å²) in [6.45, 7) is 2.56. The summed E-state index contributed by atoms with van der Waals surface area (Å²) < 4.78 is 45.4. The lowest BCUT2D eigenvalue weighted by Crippen LogP contribution is -2.32. The van der Waals surface area contributed by atoms with Gasteiger partial charge in [-0.15, -0.1) is 0 Å². The fraction of sp³-hybridized carbons (Fsp3) is 0.316. The molecule has 0 aromatic heterocycles. The lowest BCUT2D eigenvalue weighted by Gasteiger charge is -2.17. The van der Waals surface area contributed by atoms with E-state index in [1.54, 1.807) is 31.3 Å². The maximum atomic E-state index is 13.2. The number of halogens is 1. The first-order valence-electron chi connectivity index (χ1n) is 8.53. The summed E-state index contributed by atoms with van der Waals surface area (Å²) in [5, 5.41) is 0. The van der Waals surface area contributed by atoms with Gasteiger partial charge in [0.1, 0.15) is 11.6 Å². The maximum absolute atomic E-state index is 13.2. The number of hydrogen-bond acceptors (Lipinski definition) is 4. The van der Waals surface area contributed by atoms with Crippen molar-refractivity contribution < 1.29 is 22.3 Å². The van der Waals surface area contributed by atoms with Crippen molar-refractivity contribution in [3.8, 4) is 5.75 Å². The minimum absolute atomic E-state index is 0.00206. The molecule has 0 spiro atoms. The predicted octanol–water partition coefficient (Wildman–Crippen LogP) is 2.55. The molecule has 0 aliphatic carbocycles. The summed E-state index contributed by atoms with van der Waals surface area (Å²) in [5.41, 5.74) is 0.667. The van der Waals surface area contributed by atoms with Crippen LogP contribution in [0, 0.1) is 5.82 Å². The fourth-order valence-electron chi connectivity index (χ4n) is 2.45. The third kappa shape index (κ3) is 6.33. The number of ether oxygens (including phenoxy) is 1. The molecule has 0 unspecified atom stereocenters. The molecule has 0 fully saturated rings. The number of amides is 1. The van der Waals surface area contributed by atoms with E-state index >= 15 is 0 Å². The van der Waals surface area contributed by atoms with Gasteiger partial charge >= 0.3 is 0 Å². The van der Waals surface area contributed by atoms with E-state index in [-0.39, 0.29) is 36.1 Å². The van der Waals surface area contributed by atoms with Crippen molar-refractivity contribution in [1.82, 2.24) is 9.62 Å². The number of nitrogens with one attached hydrogen (secondary N) is 1. The maximum Gasteiger partial charge on any atom is 0.240 e. The highest BCUT2D eigenvalue weighted by Crippen LogP contribution is 2.15. The van der Waals surface area contributed by atoms with Crippen LogP contribution in [-0.2, 0) is 21.4 Å². The van der Waals surface area contributed by atoms with Crippen molar-refractivity contribution >= 4 is 15.9 Å². The number of carbonyl (C=O) groups excluding carboxylic acids is 1. The summed E-state index contributed by atoms with van der Waals surface area (Å²) in [5.74, 6) is -0.0179. The second kappa shape index (κ2) is 9.48. The standard InChI is InChI=1S/C19H23FN2O4S/c1-3-26-17-7-9-18(10-8-17)27(24,25)21-12-11-19(23)22(2)14-15-5-4-6-16(20)13-15/h4-10,13,21H,3,11-12,14H2,1-2H3. The number of carbonyl (C=O) groups is 1. The molecule has 2 rings (SSSR count). The Kier molecular flexibility index (Phi) is 7.32. The van der Waals surface area contributed by atoms with Crippen LogP contribution in [0.4, 0.5) is 4.39 Å². The van der Waals surface area contributed by atoms with Crippen molar-refractivity contribution in [3.05, 3.63) is 59.9 Å². The predicted molar refractivity (Wildman–Crippen MR) is 100 cm³/mol. The van der Waals surface area contributed by atoms with Gasteiger partial charge in [-0.3, -0.25) is 4.79 Å². The number of hydrogen-bond donors (Lipinski definition) is 1. The third-order valence-corrected chi connectivity index (χ3v) is 5.29. The molecule has 0 aliphatic rings. The highest BCUT2D eigenvalue weighted by atomic mass is 32.2. The monoisotopic (exact) mass is 394 g/mol. The van der Waals surface area contributed by atoms with Crippen molar-refractivity contribution in [2.75, 3.05) is 20.2 Å². The highest BCUT2D eigenvalue weighted by Gasteiger charge is 2.16. The Bertz CT molecular complexity index is 870. The van der Waals surface area contributed by atoms with Gasteiger partial charge < -0.3 is 9.64 Å². The largest absolute Gasteiger partial charge is 0.494 e. The molecule has 0 atom stereocenters. The average molecular weight is 394 g/mol. The molecule has 0 saturated carbocycles. The molecule has 0 radical (unpaired) electrons. The molecule has 27 heavy (non-hydrogen) atoms. The second-order valence-corrected chi connectivity index (χ2v) is 7.70. The zero-order chi connectivity index (χ0) is 19.9. The Labute approximate surface area is 159 Å². The smallest absolute Gasteiger partial charge is 0.240 e. The minimum Gasteiger partial charge on any atom is -0.494 e. The molecule has 0 aliphatic heterocycles. The summed E-state index contributed by atoms with van der Waals surface area (Å²) >= 11 is 0. The first kappa shape index (κ1) is 20.9. The summed E-state index contributed by atoms with van der Waals surface area (Å²) in [6, 6.07) is 12.1. The van der Waals surface area contributed by atoms with Crippen LogP contribution in [0.3, 0.4) is 0 Å². The fourth-order valence-corrected chi connectivity index (χ4v) is 3.48. The van der Waals surface area contributed by atoms with E-state index in [1.807, 2.05) is 6.92 Å². The van der Waals surface area contributed by atoms with E-state index in [2.05, 4.69) is 4.72 Å². The van der Waals surface area contributed by atoms with Crippen LogP contribution in [0.25, 0.3) is 0 Å². The van der Waals surface area contributed by atoms with Gasteiger partial charge in [0.15, 0.2) is 0 Å². The molecule has 0 bridgehead atoms. The Morgan fingerprint density at radius 2 is 1.89 bits per heavy atom. The van der Waals surface area contributed by atoms with Crippen LogP contribution in [0.5, 0.6) is 5.75 Å². The van der Waals surface area contributed by atoms with E-state index in [1.165, 1.54) is 29.2 Å². The summed E-state index contributed by atoms with van der Waals surface area (Å²) in [6.07, 6.45) is 0.00206.